The summed E-state index contributed by atoms with van der Waals surface area (Å²) in [5.74, 6) is 0.642. The molecule has 0 spiro atoms. The zero-order valence-corrected chi connectivity index (χ0v) is 16.2. The highest BCUT2D eigenvalue weighted by molar-refractivity contribution is 7.89. The molecule has 0 aromatic heterocycles. The van der Waals surface area contributed by atoms with Gasteiger partial charge in [0.15, 0.2) is 6.61 Å². The van der Waals surface area contributed by atoms with Gasteiger partial charge in [0.05, 0.1) is 17.2 Å². The smallest absolute Gasteiger partial charge is 0.262 e. The third-order valence-corrected chi connectivity index (χ3v) is 4.98. The summed E-state index contributed by atoms with van der Waals surface area (Å²) in [7, 11) is -3.52. The predicted molar refractivity (Wildman–Crippen MR) is 104 cm³/mol. The van der Waals surface area contributed by atoms with Crippen molar-refractivity contribution in [2.24, 2.45) is 0 Å². The molecule has 0 unspecified atom stereocenters. The number of hydrogen-bond acceptors (Lipinski definition) is 5. The number of sulfonamides is 1. The Morgan fingerprint density at radius 3 is 2.37 bits per heavy atom. The molecule has 0 heterocycles. The molecule has 2 rings (SSSR count). The average Bonchev–Trinajstić information content (AvgIpc) is 2.67. The van der Waals surface area contributed by atoms with Crippen molar-refractivity contribution in [1.29, 1.82) is 0 Å². The molecule has 146 valence electrons. The predicted octanol–water partition coefficient (Wildman–Crippen LogP) is 2.79. The number of anilines is 1. The molecule has 0 aliphatic rings. The second-order valence-electron chi connectivity index (χ2n) is 5.64. The molecule has 27 heavy (non-hydrogen) atoms. The lowest BCUT2D eigenvalue weighted by molar-refractivity contribution is -0.118. The van der Waals surface area contributed by atoms with E-state index in [1.54, 1.807) is 18.2 Å². The Labute approximate surface area is 159 Å². The quantitative estimate of drug-likeness (QED) is 0.648. The van der Waals surface area contributed by atoms with E-state index >= 15 is 0 Å². The molecule has 1 amide bonds. The number of nitrogens with one attached hydrogen (secondary N) is 2. The van der Waals surface area contributed by atoms with Crippen LogP contribution >= 0.6 is 0 Å². The summed E-state index contributed by atoms with van der Waals surface area (Å²) < 4.78 is 37.4. The van der Waals surface area contributed by atoms with E-state index in [2.05, 4.69) is 10.0 Å². The Balaban J connectivity index is 1.92. The Hall–Kier alpha value is -2.58. The van der Waals surface area contributed by atoms with Crippen LogP contribution in [0.15, 0.2) is 53.4 Å². The molecule has 0 bridgehead atoms. The van der Waals surface area contributed by atoms with Crippen LogP contribution in [0.3, 0.4) is 0 Å². The molecule has 8 heteroatoms. The highest BCUT2D eigenvalue weighted by Crippen LogP contribution is 2.23. The van der Waals surface area contributed by atoms with Gasteiger partial charge in [-0.15, -0.1) is 0 Å². The highest BCUT2D eigenvalue weighted by Gasteiger charge is 2.13. The molecule has 0 atom stereocenters. The molecule has 0 radical (unpaired) electrons. The molecule has 2 aromatic carbocycles. The van der Waals surface area contributed by atoms with Gasteiger partial charge in [-0.25, -0.2) is 13.1 Å². The lowest BCUT2D eigenvalue weighted by Gasteiger charge is -2.12. The van der Waals surface area contributed by atoms with Crippen LogP contribution in [0.1, 0.15) is 20.3 Å². The summed E-state index contributed by atoms with van der Waals surface area (Å²) in [6, 6.07) is 13.0. The molecule has 0 saturated carbocycles. The van der Waals surface area contributed by atoms with Crippen molar-refractivity contribution in [1.82, 2.24) is 4.72 Å². The van der Waals surface area contributed by atoms with Crippen molar-refractivity contribution in [3.63, 3.8) is 0 Å². The van der Waals surface area contributed by atoms with E-state index in [0.29, 0.717) is 36.8 Å². The maximum atomic E-state index is 12.1. The van der Waals surface area contributed by atoms with Crippen LogP contribution in [0.25, 0.3) is 0 Å². The van der Waals surface area contributed by atoms with Gasteiger partial charge < -0.3 is 14.8 Å². The minimum Gasteiger partial charge on any atom is -0.492 e. The first-order valence-electron chi connectivity index (χ1n) is 8.70. The van der Waals surface area contributed by atoms with Crippen molar-refractivity contribution in [3.05, 3.63) is 48.5 Å². The first-order valence-corrected chi connectivity index (χ1v) is 10.2. The number of ether oxygens (including phenoxy) is 2. The summed E-state index contributed by atoms with van der Waals surface area (Å²) in [4.78, 5) is 12.2. The first-order chi connectivity index (χ1) is 13.0. The van der Waals surface area contributed by atoms with Gasteiger partial charge in [-0.2, -0.15) is 0 Å². The van der Waals surface area contributed by atoms with Gasteiger partial charge in [-0.1, -0.05) is 19.1 Å². The molecular formula is C19H24N2O5S. The Morgan fingerprint density at radius 1 is 1.00 bits per heavy atom. The third-order valence-electron chi connectivity index (χ3n) is 3.51. The normalized spacial score (nSPS) is 11.0. The summed E-state index contributed by atoms with van der Waals surface area (Å²) in [6.07, 6.45) is 0.710. The van der Waals surface area contributed by atoms with Crippen LogP contribution < -0.4 is 19.5 Å². The van der Waals surface area contributed by atoms with Gasteiger partial charge in [0.2, 0.25) is 10.0 Å². The van der Waals surface area contributed by atoms with Crippen LogP contribution in [0.5, 0.6) is 11.5 Å². The third kappa shape index (κ3) is 6.26. The maximum absolute atomic E-state index is 12.1. The van der Waals surface area contributed by atoms with Gasteiger partial charge in [0.1, 0.15) is 11.5 Å². The van der Waals surface area contributed by atoms with Crippen molar-refractivity contribution in [3.8, 4) is 11.5 Å². The number of rotatable bonds is 10. The SMILES string of the molecule is CCCNS(=O)(=O)c1ccc(OCC(=O)Nc2ccccc2OCC)cc1. The summed E-state index contributed by atoms with van der Waals surface area (Å²) in [6.45, 7) is 4.41. The number of amides is 1. The largest absolute Gasteiger partial charge is 0.492 e. The van der Waals surface area contributed by atoms with Gasteiger partial charge in [-0.3, -0.25) is 4.79 Å². The molecule has 7 nitrogen and oxygen atoms in total. The van der Waals surface area contributed by atoms with Crippen molar-refractivity contribution < 1.29 is 22.7 Å². The van der Waals surface area contributed by atoms with E-state index < -0.39 is 10.0 Å². The molecule has 2 aromatic rings. The van der Waals surface area contributed by atoms with E-state index in [9.17, 15) is 13.2 Å². The van der Waals surface area contributed by atoms with E-state index in [1.165, 1.54) is 24.3 Å². The van der Waals surface area contributed by atoms with Crippen LogP contribution in [-0.2, 0) is 14.8 Å². The zero-order valence-electron chi connectivity index (χ0n) is 15.4. The van der Waals surface area contributed by atoms with E-state index in [-0.39, 0.29) is 17.4 Å². The summed E-state index contributed by atoms with van der Waals surface area (Å²) >= 11 is 0. The highest BCUT2D eigenvalue weighted by atomic mass is 32.2. The number of hydrogen-bond donors (Lipinski definition) is 2. The van der Waals surface area contributed by atoms with E-state index in [0.717, 1.165) is 0 Å². The monoisotopic (exact) mass is 392 g/mol. The van der Waals surface area contributed by atoms with Crippen LogP contribution in [0.2, 0.25) is 0 Å². The molecule has 0 saturated heterocycles. The van der Waals surface area contributed by atoms with Crippen molar-refractivity contribution >= 4 is 21.6 Å². The fourth-order valence-electron chi connectivity index (χ4n) is 2.22. The molecule has 2 N–H and O–H groups in total. The van der Waals surface area contributed by atoms with Crippen LogP contribution in [0.4, 0.5) is 5.69 Å². The number of carbonyl (C=O) groups is 1. The molecule has 0 fully saturated rings. The minimum atomic E-state index is -3.52. The lowest BCUT2D eigenvalue weighted by Crippen LogP contribution is -2.24. The van der Waals surface area contributed by atoms with Gasteiger partial charge in [-0.05, 0) is 49.7 Å². The average molecular weight is 392 g/mol. The van der Waals surface area contributed by atoms with Crippen LogP contribution in [-0.4, -0.2) is 34.1 Å². The second kappa shape index (κ2) is 9.94. The summed E-state index contributed by atoms with van der Waals surface area (Å²) in [5, 5.41) is 2.73. The summed E-state index contributed by atoms with van der Waals surface area (Å²) in [5.41, 5.74) is 0.566. The standard InChI is InChI=1S/C19H24N2O5S/c1-3-13-20-27(23,24)16-11-9-15(10-12-16)26-14-19(22)21-17-7-5-6-8-18(17)25-4-2/h5-12,20H,3-4,13-14H2,1-2H3,(H,21,22). The van der Waals surface area contributed by atoms with Gasteiger partial charge >= 0.3 is 0 Å². The molecule has 0 aliphatic heterocycles. The van der Waals surface area contributed by atoms with Gasteiger partial charge in [0.25, 0.3) is 5.91 Å². The van der Waals surface area contributed by atoms with E-state index in [1.807, 2.05) is 19.9 Å². The Morgan fingerprint density at radius 2 is 1.70 bits per heavy atom. The first kappa shape index (κ1) is 20.7. The van der Waals surface area contributed by atoms with E-state index in [4.69, 9.17) is 9.47 Å². The molecule has 0 aliphatic carbocycles. The van der Waals surface area contributed by atoms with Crippen molar-refractivity contribution in [2.75, 3.05) is 25.1 Å². The van der Waals surface area contributed by atoms with Crippen LogP contribution in [0, 0.1) is 0 Å². The fourth-order valence-corrected chi connectivity index (χ4v) is 3.36. The number of carbonyl (C=O) groups excluding carboxylic acids is 1. The number of para-hydroxylation sites is 2. The maximum Gasteiger partial charge on any atom is 0.262 e. The topological polar surface area (TPSA) is 93.7 Å². The Kier molecular flexibility index (Phi) is 7.63. The van der Waals surface area contributed by atoms with Gasteiger partial charge in [0, 0.05) is 6.54 Å². The minimum absolute atomic E-state index is 0.151. The second-order valence-corrected chi connectivity index (χ2v) is 7.40. The van der Waals surface area contributed by atoms with Crippen molar-refractivity contribution in [2.45, 2.75) is 25.2 Å². The number of benzene rings is 2. The lowest BCUT2D eigenvalue weighted by atomic mass is 10.3. The Bertz CT molecular complexity index is 851. The fraction of sp³-hybridized carbons (Fsp3) is 0.316. The molecular weight excluding hydrogens is 368 g/mol. The zero-order chi connectivity index (χ0) is 19.7.